The van der Waals surface area contributed by atoms with Crippen molar-refractivity contribution < 1.29 is 0 Å². The predicted molar refractivity (Wildman–Crippen MR) is 135 cm³/mol. The second-order valence-electron chi connectivity index (χ2n) is 8.45. The summed E-state index contributed by atoms with van der Waals surface area (Å²) in [5.74, 6) is 0.918. The van der Waals surface area contributed by atoms with Gasteiger partial charge < -0.3 is 0 Å². The monoisotopic (exact) mass is 390 g/mol. The molecule has 0 saturated heterocycles. The lowest BCUT2D eigenvalue weighted by atomic mass is 9.78. The van der Waals surface area contributed by atoms with E-state index in [2.05, 4.69) is 71.9 Å². The van der Waals surface area contributed by atoms with Crippen LogP contribution in [-0.4, -0.2) is 0 Å². The van der Waals surface area contributed by atoms with Crippen LogP contribution in [0.25, 0.3) is 0 Å². The van der Waals surface area contributed by atoms with Gasteiger partial charge in [0.15, 0.2) is 0 Å². The SMILES string of the molecule is C.C.CC.CC/C=C(\CC)CC1=CC=CCC1.CC1CC=C(C(C)(C)C)CC1. The van der Waals surface area contributed by atoms with E-state index in [9.17, 15) is 0 Å². The molecule has 1 atom stereocenters. The van der Waals surface area contributed by atoms with Crippen molar-refractivity contribution in [1.82, 2.24) is 0 Å². The molecular formula is C28H54. The first-order chi connectivity index (χ1) is 12.4. The molecule has 2 rings (SSSR count). The van der Waals surface area contributed by atoms with E-state index in [0.29, 0.717) is 5.41 Å². The second kappa shape index (κ2) is 18.0. The van der Waals surface area contributed by atoms with Gasteiger partial charge in [0, 0.05) is 0 Å². The largest absolute Gasteiger partial charge is 0.0853 e. The smallest absolute Gasteiger partial charge is 0.0105 e. The minimum Gasteiger partial charge on any atom is -0.0853 e. The highest BCUT2D eigenvalue weighted by molar-refractivity contribution is 5.23. The number of hydrogen-bond acceptors (Lipinski definition) is 0. The average Bonchev–Trinajstić information content (AvgIpc) is 2.64. The summed E-state index contributed by atoms with van der Waals surface area (Å²) in [5, 5.41) is 0. The average molecular weight is 391 g/mol. The molecule has 0 N–H and O–H groups in total. The van der Waals surface area contributed by atoms with Gasteiger partial charge in [-0.1, -0.05) is 117 Å². The van der Waals surface area contributed by atoms with E-state index in [-0.39, 0.29) is 14.9 Å². The summed E-state index contributed by atoms with van der Waals surface area (Å²) in [6.07, 6.45) is 21.6. The summed E-state index contributed by atoms with van der Waals surface area (Å²) in [7, 11) is 0. The fourth-order valence-corrected chi connectivity index (χ4v) is 3.37. The van der Waals surface area contributed by atoms with Crippen LogP contribution in [0.2, 0.25) is 0 Å². The third-order valence-electron chi connectivity index (χ3n) is 5.14. The second-order valence-corrected chi connectivity index (χ2v) is 8.45. The maximum atomic E-state index is 2.45. The van der Waals surface area contributed by atoms with Gasteiger partial charge in [-0.15, -0.1) is 0 Å². The maximum absolute atomic E-state index is 2.45. The molecule has 28 heavy (non-hydrogen) atoms. The molecule has 0 aromatic rings. The van der Waals surface area contributed by atoms with Crippen LogP contribution in [0, 0.1) is 11.3 Å². The summed E-state index contributed by atoms with van der Waals surface area (Å²) in [4.78, 5) is 0. The van der Waals surface area contributed by atoms with E-state index in [1.54, 1.807) is 16.7 Å². The first-order valence-corrected chi connectivity index (χ1v) is 11.1. The van der Waals surface area contributed by atoms with E-state index >= 15 is 0 Å². The first-order valence-electron chi connectivity index (χ1n) is 11.1. The summed E-state index contributed by atoms with van der Waals surface area (Å²) in [5.41, 5.74) is 5.28. The molecule has 2 aliphatic carbocycles. The highest BCUT2D eigenvalue weighted by Gasteiger charge is 2.20. The van der Waals surface area contributed by atoms with E-state index in [0.717, 1.165) is 5.92 Å². The van der Waals surface area contributed by atoms with Crippen LogP contribution in [0.3, 0.4) is 0 Å². The Morgan fingerprint density at radius 3 is 2.14 bits per heavy atom. The van der Waals surface area contributed by atoms with Crippen LogP contribution in [0.5, 0.6) is 0 Å². The van der Waals surface area contributed by atoms with E-state index < -0.39 is 0 Å². The van der Waals surface area contributed by atoms with Crippen LogP contribution in [0.15, 0.2) is 47.1 Å². The minimum absolute atomic E-state index is 0. The molecule has 0 aromatic carbocycles. The van der Waals surface area contributed by atoms with Gasteiger partial charge in [0.05, 0.1) is 0 Å². The van der Waals surface area contributed by atoms with Gasteiger partial charge in [-0.2, -0.15) is 0 Å². The molecule has 1 unspecified atom stereocenters. The van der Waals surface area contributed by atoms with Gasteiger partial charge in [0.25, 0.3) is 0 Å². The molecule has 0 bridgehead atoms. The summed E-state index contributed by atoms with van der Waals surface area (Å²) >= 11 is 0. The minimum atomic E-state index is 0. The Kier molecular flexibility index (Phi) is 20.4. The lowest BCUT2D eigenvalue weighted by molar-refractivity contribution is 0.421. The van der Waals surface area contributed by atoms with Gasteiger partial charge in [-0.25, -0.2) is 0 Å². The Labute approximate surface area is 180 Å². The third kappa shape index (κ3) is 14.0. The molecule has 0 heteroatoms. The van der Waals surface area contributed by atoms with E-state index in [1.807, 2.05) is 13.8 Å². The fraction of sp³-hybridized carbons (Fsp3) is 0.714. The van der Waals surface area contributed by atoms with Crippen molar-refractivity contribution in [3.8, 4) is 0 Å². The summed E-state index contributed by atoms with van der Waals surface area (Å²) in [6, 6.07) is 0. The maximum Gasteiger partial charge on any atom is -0.0105 e. The van der Waals surface area contributed by atoms with Crippen LogP contribution >= 0.6 is 0 Å². The molecule has 0 fully saturated rings. The molecule has 0 aliphatic heterocycles. The lowest BCUT2D eigenvalue weighted by Crippen LogP contribution is -2.14. The Bertz CT molecular complexity index is 477. The normalized spacial score (nSPS) is 18.7. The molecule has 0 nitrogen and oxygen atoms in total. The molecule has 166 valence electrons. The number of rotatable bonds is 4. The van der Waals surface area contributed by atoms with Gasteiger partial charge in [0.1, 0.15) is 0 Å². The molecule has 2 aliphatic rings. The van der Waals surface area contributed by atoms with Gasteiger partial charge in [0.2, 0.25) is 0 Å². The molecular weight excluding hydrogens is 336 g/mol. The predicted octanol–water partition coefficient (Wildman–Crippen LogP) is 10.5. The Morgan fingerprint density at radius 2 is 1.75 bits per heavy atom. The van der Waals surface area contributed by atoms with Crippen molar-refractivity contribution in [3.05, 3.63) is 47.1 Å². The van der Waals surface area contributed by atoms with Crippen molar-refractivity contribution in [2.45, 2.75) is 122 Å². The Balaban J connectivity index is -0.000000388. The van der Waals surface area contributed by atoms with Crippen molar-refractivity contribution in [2.24, 2.45) is 11.3 Å². The quantitative estimate of drug-likeness (QED) is 0.419. The van der Waals surface area contributed by atoms with Gasteiger partial charge >= 0.3 is 0 Å². The van der Waals surface area contributed by atoms with Crippen molar-refractivity contribution in [3.63, 3.8) is 0 Å². The van der Waals surface area contributed by atoms with Crippen molar-refractivity contribution in [1.29, 1.82) is 0 Å². The van der Waals surface area contributed by atoms with Crippen molar-refractivity contribution in [2.75, 3.05) is 0 Å². The zero-order valence-electron chi connectivity index (χ0n) is 19.1. The van der Waals surface area contributed by atoms with Gasteiger partial charge in [-0.3, -0.25) is 0 Å². The topological polar surface area (TPSA) is 0 Å². The van der Waals surface area contributed by atoms with E-state index in [4.69, 9.17) is 0 Å². The highest BCUT2D eigenvalue weighted by atomic mass is 14.3. The van der Waals surface area contributed by atoms with Crippen LogP contribution in [0.4, 0.5) is 0 Å². The molecule has 0 heterocycles. The zero-order chi connectivity index (χ0) is 20.0. The van der Waals surface area contributed by atoms with Crippen molar-refractivity contribution >= 4 is 0 Å². The number of hydrogen-bond donors (Lipinski definition) is 0. The molecule has 0 amide bonds. The molecule has 0 radical (unpaired) electrons. The summed E-state index contributed by atoms with van der Waals surface area (Å²) < 4.78 is 0. The van der Waals surface area contributed by atoms with Crippen LogP contribution in [-0.2, 0) is 0 Å². The van der Waals surface area contributed by atoms with Gasteiger partial charge in [-0.05, 0) is 62.7 Å². The van der Waals surface area contributed by atoms with E-state index in [1.165, 1.54) is 51.4 Å². The fourth-order valence-electron chi connectivity index (χ4n) is 3.37. The molecule has 0 saturated carbocycles. The van der Waals surface area contributed by atoms with Crippen LogP contribution < -0.4 is 0 Å². The third-order valence-corrected chi connectivity index (χ3v) is 5.14. The Hall–Kier alpha value is -1.04. The number of allylic oxidation sites excluding steroid dienone is 8. The first kappa shape index (κ1) is 31.6. The highest BCUT2D eigenvalue weighted by Crippen LogP contribution is 2.34. The molecule has 0 aromatic heterocycles. The molecule has 0 spiro atoms. The lowest BCUT2D eigenvalue weighted by Gasteiger charge is -2.28. The Morgan fingerprint density at radius 1 is 1.11 bits per heavy atom. The van der Waals surface area contributed by atoms with Crippen LogP contribution in [0.1, 0.15) is 122 Å². The summed E-state index contributed by atoms with van der Waals surface area (Å²) in [6.45, 7) is 17.7. The zero-order valence-corrected chi connectivity index (χ0v) is 19.1. The standard InChI is InChI=1S/C13H20.C11H20.C2H6.2CH4/c1-3-8-12(4-2)11-13-9-6-5-7-10-13;1-9-5-7-10(8-6-9)11(2,3)4;1-2;;/h5-6,8-9H,3-4,7,10-11H2,1-2H3;7,9H,5-6,8H2,1-4H3;1-2H3;2*1H4/b12-8+;;;;.